The Morgan fingerprint density at radius 2 is 2.38 bits per heavy atom. The maximum atomic E-state index is 12.2. The number of morpholine rings is 1. The number of hydrogen-bond acceptors (Lipinski definition) is 5. The highest BCUT2D eigenvalue weighted by molar-refractivity contribution is 6.30. The Kier molecular flexibility index (Phi) is 5.45. The third-order valence-electron chi connectivity index (χ3n) is 3.49. The van der Waals surface area contributed by atoms with Crippen LogP contribution in [0.1, 0.15) is 5.69 Å². The van der Waals surface area contributed by atoms with Crippen LogP contribution >= 0.6 is 11.6 Å². The van der Waals surface area contributed by atoms with Gasteiger partial charge in [-0.2, -0.15) is 0 Å². The zero-order valence-corrected chi connectivity index (χ0v) is 13.6. The van der Waals surface area contributed by atoms with Crippen LogP contribution in [0.25, 0.3) is 6.08 Å². The van der Waals surface area contributed by atoms with Gasteiger partial charge in [-0.05, 0) is 6.08 Å². The Bertz CT molecular complexity index is 705. The molecular formula is C16H17ClN4O3. The van der Waals surface area contributed by atoms with Crippen molar-refractivity contribution >= 4 is 23.6 Å². The summed E-state index contributed by atoms with van der Waals surface area (Å²) in [6, 6.07) is 1.69. The minimum absolute atomic E-state index is 0.0673. The number of pyridine rings is 1. The lowest BCUT2D eigenvalue weighted by Crippen LogP contribution is -2.47. The molecule has 0 bridgehead atoms. The van der Waals surface area contributed by atoms with E-state index in [1.165, 1.54) is 12.3 Å². The number of carbonyl (C=O) groups is 1. The van der Waals surface area contributed by atoms with Crippen LogP contribution in [-0.4, -0.2) is 58.2 Å². The first kappa shape index (κ1) is 16.5. The summed E-state index contributed by atoms with van der Waals surface area (Å²) in [5, 5.41) is 0.512. The number of nitrogens with one attached hydrogen (secondary N) is 1. The van der Waals surface area contributed by atoms with Gasteiger partial charge in [0.25, 0.3) is 0 Å². The normalized spacial score (nSPS) is 18.0. The lowest BCUT2D eigenvalue weighted by Gasteiger charge is -2.32. The lowest BCUT2D eigenvalue weighted by atomic mass is 10.2. The average Bonchev–Trinajstić information content (AvgIpc) is 3.12. The van der Waals surface area contributed by atoms with E-state index in [2.05, 4.69) is 15.0 Å². The van der Waals surface area contributed by atoms with Gasteiger partial charge in [0.05, 0.1) is 42.6 Å². The van der Waals surface area contributed by atoms with Gasteiger partial charge in [0.2, 0.25) is 5.91 Å². The van der Waals surface area contributed by atoms with Gasteiger partial charge < -0.3 is 19.4 Å². The zero-order chi connectivity index (χ0) is 16.8. The third kappa shape index (κ3) is 4.56. The third-order valence-corrected chi connectivity index (χ3v) is 3.70. The van der Waals surface area contributed by atoms with E-state index in [9.17, 15) is 4.79 Å². The summed E-state index contributed by atoms with van der Waals surface area (Å²) in [4.78, 5) is 24.8. The molecule has 126 valence electrons. The predicted molar refractivity (Wildman–Crippen MR) is 88.7 cm³/mol. The number of nitrogens with zero attached hydrogens (tertiary/aromatic N) is 3. The van der Waals surface area contributed by atoms with Crippen molar-refractivity contribution < 1.29 is 14.3 Å². The fourth-order valence-electron chi connectivity index (χ4n) is 2.31. The van der Waals surface area contributed by atoms with Crippen LogP contribution in [0.15, 0.2) is 37.1 Å². The summed E-state index contributed by atoms with van der Waals surface area (Å²) in [5.41, 5.74) is 0.782. The molecule has 1 fully saturated rings. The molecule has 0 radical (unpaired) electrons. The average molecular weight is 349 g/mol. The van der Waals surface area contributed by atoms with Gasteiger partial charge in [-0.1, -0.05) is 11.6 Å². The van der Waals surface area contributed by atoms with E-state index >= 15 is 0 Å². The molecule has 2 aromatic heterocycles. The number of amides is 1. The van der Waals surface area contributed by atoms with Gasteiger partial charge in [0.1, 0.15) is 18.5 Å². The molecule has 1 saturated heterocycles. The predicted octanol–water partition coefficient (Wildman–Crippen LogP) is 1.78. The van der Waals surface area contributed by atoms with Gasteiger partial charge >= 0.3 is 0 Å². The van der Waals surface area contributed by atoms with E-state index in [4.69, 9.17) is 21.1 Å². The van der Waals surface area contributed by atoms with Crippen LogP contribution in [0.4, 0.5) is 0 Å². The Morgan fingerprint density at radius 3 is 3.17 bits per heavy atom. The maximum absolute atomic E-state index is 12.2. The number of H-pyrrole nitrogens is 1. The van der Waals surface area contributed by atoms with E-state index in [1.807, 2.05) is 0 Å². The van der Waals surface area contributed by atoms with Crippen molar-refractivity contribution in [3.8, 4) is 5.75 Å². The van der Waals surface area contributed by atoms with Crippen molar-refractivity contribution in [2.75, 3.05) is 26.3 Å². The molecule has 1 amide bonds. The smallest absolute Gasteiger partial charge is 0.246 e. The molecule has 0 aliphatic carbocycles. The number of aromatic nitrogens is 3. The number of rotatable bonds is 5. The Hall–Kier alpha value is -2.38. The fraction of sp³-hybridized carbons (Fsp3) is 0.312. The van der Waals surface area contributed by atoms with Crippen molar-refractivity contribution in [3.63, 3.8) is 0 Å². The highest BCUT2D eigenvalue weighted by Crippen LogP contribution is 2.16. The summed E-state index contributed by atoms with van der Waals surface area (Å²) in [5.74, 6) is 0.510. The van der Waals surface area contributed by atoms with Crippen LogP contribution in [-0.2, 0) is 9.53 Å². The van der Waals surface area contributed by atoms with E-state index < -0.39 is 0 Å². The number of aromatic amines is 1. The van der Waals surface area contributed by atoms with Crippen molar-refractivity contribution in [1.29, 1.82) is 0 Å². The van der Waals surface area contributed by atoms with Gasteiger partial charge in [0.15, 0.2) is 0 Å². The van der Waals surface area contributed by atoms with Gasteiger partial charge in [-0.25, -0.2) is 4.98 Å². The first-order valence-electron chi connectivity index (χ1n) is 7.51. The molecule has 0 spiro atoms. The molecule has 1 atom stereocenters. The summed E-state index contributed by atoms with van der Waals surface area (Å²) in [6.45, 7) is 1.84. The first-order valence-corrected chi connectivity index (χ1v) is 7.89. The largest absolute Gasteiger partial charge is 0.489 e. The molecule has 0 saturated carbocycles. The zero-order valence-electron chi connectivity index (χ0n) is 12.9. The summed E-state index contributed by atoms with van der Waals surface area (Å²) in [7, 11) is 0. The molecule has 8 heteroatoms. The van der Waals surface area contributed by atoms with Crippen LogP contribution < -0.4 is 4.74 Å². The number of halogens is 1. The second-order valence-corrected chi connectivity index (χ2v) is 5.70. The molecule has 3 heterocycles. The standard InChI is InChI=1S/C16H17ClN4O3/c17-12-5-14(8-18-6-12)24-10-15-9-21(3-4-23-15)16(22)2-1-13-7-19-11-20-13/h1-2,5-8,11,15H,3-4,9-10H2,(H,19,20)/b2-1+. The van der Waals surface area contributed by atoms with Crippen molar-refractivity contribution in [3.05, 3.63) is 47.8 Å². The van der Waals surface area contributed by atoms with E-state index in [0.29, 0.717) is 37.1 Å². The number of imidazole rings is 1. The fourth-order valence-corrected chi connectivity index (χ4v) is 2.47. The topological polar surface area (TPSA) is 80.3 Å². The van der Waals surface area contributed by atoms with Gasteiger partial charge in [-0.15, -0.1) is 0 Å². The second-order valence-electron chi connectivity index (χ2n) is 5.27. The van der Waals surface area contributed by atoms with Gasteiger partial charge in [0, 0.05) is 24.9 Å². The molecular weight excluding hydrogens is 332 g/mol. The molecule has 2 aromatic rings. The molecule has 1 aliphatic rings. The molecule has 7 nitrogen and oxygen atoms in total. The molecule has 1 aliphatic heterocycles. The minimum atomic E-state index is -0.192. The summed E-state index contributed by atoms with van der Waals surface area (Å²) in [6.07, 6.45) is 9.38. The van der Waals surface area contributed by atoms with Crippen LogP contribution in [0, 0.1) is 0 Å². The molecule has 1 unspecified atom stereocenters. The SMILES string of the molecule is O=C(/C=C/c1cnc[nH]1)N1CCOC(COc2cncc(Cl)c2)C1. The monoisotopic (exact) mass is 348 g/mol. The van der Waals surface area contributed by atoms with Gasteiger partial charge in [-0.3, -0.25) is 9.78 Å². The van der Waals surface area contributed by atoms with Crippen LogP contribution in [0.3, 0.4) is 0 Å². The highest BCUT2D eigenvalue weighted by Gasteiger charge is 2.23. The molecule has 0 aromatic carbocycles. The second kappa shape index (κ2) is 7.94. The Balaban J connectivity index is 1.51. The van der Waals surface area contributed by atoms with Crippen molar-refractivity contribution in [2.24, 2.45) is 0 Å². The van der Waals surface area contributed by atoms with E-state index in [1.54, 1.807) is 35.8 Å². The van der Waals surface area contributed by atoms with Crippen molar-refractivity contribution in [1.82, 2.24) is 19.9 Å². The summed E-state index contributed by atoms with van der Waals surface area (Å²) >= 11 is 5.87. The number of carbonyl (C=O) groups excluding carboxylic acids is 1. The molecule has 1 N–H and O–H groups in total. The van der Waals surface area contributed by atoms with Crippen LogP contribution in [0.2, 0.25) is 5.02 Å². The minimum Gasteiger partial charge on any atom is -0.489 e. The van der Waals surface area contributed by atoms with Crippen molar-refractivity contribution in [2.45, 2.75) is 6.10 Å². The quantitative estimate of drug-likeness (QED) is 0.833. The number of ether oxygens (including phenoxy) is 2. The molecule has 24 heavy (non-hydrogen) atoms. The lowest BCUT2D eigenvalue weighted by molar-refractivity contribution is -0.134. The Labute approximate surface area is 144 Å². The Morgan fingerprint density at radius 1 is 1.46 bits per heavy atom. The molecule has 3 rings (SSSR count). The summed E-state index contributed by atoms with van der Waals surface area (Å²) < 4.78 is 11.3. The van der Waals surface area contributed by atoms with E-state index in [0.717, 1.165) is 5.69 Å². The highest BCUT2D eigenvalue weighted by atomic mass is 35.5. The van der Waals surface area contributed by atoms with Crippen LogP contribution in [0.5, 0.6) is 5.75 Å². The first-order chi connectivity index (χ1) is 11.7. The maximum Gasteiger partial charge on any atom is 0.246 e. The number of hydrogen-bond donors (Lipinski definition) is 1. The van der Waals surface area contributed by atoms with E-state index in [-0.39, 0.29) is 12.0 Å².